The van der Waals surface area contributed by atoms with Gasteiger partial charge >= 0.3 is 5.97 Å². The molecule has 0 aliphatic heterocycles. The first-order valence-electron chi connectivity index (χ1n) is 5.28. The molecular formula is C11H13IN2O4. The zero-order valence-corrected chi connectivity index (χ0v) is 12.1. The molecule has 0 fully saturated rings. The van der Waals surface area contributed by atoms with Crippen LogP contribution in [0.1, 0.15) is 13.3 Å². The fourth-order valence-corrected chi connectivity index (χ4v) is 2.56. The number of rotatable bonds is 5. The number of halogens is 1. The number of carboxylic acid groups (broad SMARTS) is 1. The Bertz CT molecular complexity index is 478. The van der Waals surface area contributed by atoms with E-state index in [2.05, 4.69) is 0 Å². The maximum absolute atomic E-state index is 11.1. The van der Waals surface area contributed by atoms with Crippen molar-refractivity contribution in [3.63, 3.8) is 0 Å². The fourth-order valence-electron chi connectivity index (χ4n) is 1.68. The molecule has 1 N–H and O–H groups in total. The van der Waals surface area contributed by atoms with E-state index in [-0.39, 0.29) is 5.69 Å². The van der Waals surface area contributed by atoms with Crippen molar-refractivity contribution in [3.8, 4) is 0 Å². The minimum Gasteiger partial charge on any atom is -0.480 e. The molecule has 0 radical (unpaired) electrons. The van der Waals surface area contributed by atoms with E-state index in [4.69, 9.17) is 5.11 Å². The summed E-state index contributed by atoms with van der Waals surface area (Å²) in [6, 6.07) is 3.75. The van der Waals surface area contributed by atoms with Crippen molar-refractivity contribution in [1.82, 2.24) is 0 Å². The van der Waals surface area contributed by atoms with Gasteiger partial charge < -0.3 is 10.0 Å². The highest BCUT2D eigenvalue weighted by atomic mass is 127. The standard InChI is InChI=1S/C11H13IN2O4/c1-3-9(11(15)16)13(2)10-5-4-7(14(17)18)6-8(10)12/h4-6,9H,3H2,1-2H3,(H,15,16). The lowest BCUT2D eigenvalue weighted by Crippen LogP contribution is -2.38. The Labute approximate surface area is 118 Å². The monoisotopic (exact) mass is 364 g/mol. The summed E-state index contributed by atoms with van der Waals surface area (Å²) in [6.45, 7) is 1.79. The van der Waals surface area contributed by atoms with E-state index < -0.39 is 16.9 Å². The smallest absolute Gasteiger partial charge is 0.326 e. The van der Waals surface area contributed by atoms with Crippen molar-refractivity contribution in [3.05, 3.63) is 31.9 Å². The molecule has 0 spiro atoms. The molecule has 1 atom stereocenters. The van der Waals surface area contributed by atoms with E-state index in [9.17, 15) is 14.9 Å². The normalized spacial score (nSPS) is 11.9. The summed E-state index contributed by atoms with van der Waals surface area (Å²) in [4.78, 5) is 22.9. The molecule has 7 heteroatoms. The predicted molar refractivity (Wildman–Crippen MR) is 75.9 cm³/mol. The fraction of sp³-hybridized carbons (Fsp3) is 0.364. The van der Waals surface area contributed by atoms with Crippen LogP contribution in [0.5, 0.6) is 0 Å². The van der Waals surface area contributed by atoms with Crippen molar-refractivity contribution in [2.75, 3.05) is 11.9 Å². The third-order valence-electron chi connectivity index (χ3n) is 2.66. The summed E-state index contributed by atoms with van der Waals surface area (Å²) >= 11 is 1.97. The van der Waals surface area contributed by atoms with Crippen LogP contribution in [0.15, 0.2) is 18.2 Å². The van der Waals surface area contributed by atoms with Crippen molar-refractivity contribution in [1.29, 1.82) is 0 Å². The number of anilines is 1. The number of hydrogen-bond donors (Lipinski definition) is 1. The van der Waals surface area contributed by atoms with Crippen LogP contribution in [0.25, 0.3) is 0 Å². The predicted octanol–water partition coefficient (Wildman–Crippen LogP) is 2.50. The summed E-state index contributed by atoms with van der Waals surface area (Å²) in [6.07, 6.45) is 0.457. The molecule has 18 heavy (non-hydrogen) atoms. The topological polar surface area (TPSA) is 83.7 Å². The Morgan fingerprint density at radius 1 is 1.61 bits per heavy atom. The average Bonchev–Trinajstić information content (AvgIpc) is 2.28. The zero-order valence-electron chi connectivity index (χ0n) is 9.96. The number of nitro groups is 1. The minimum atomic E-state index is -0.908. The van der Waals surface area contributed by atoms with Crippen LogP contribution in [-0.2, 0) is 4.79 Å². The number of benzene rings is 1. The lowest BCUT2D eigenvalue weighted by Gasteiger charge is -2.26. The third-order valence-corrected chi connectivity index (χ3v) is 3.53. The largest absolute Gasteiger partial charge is 0.480 e. The number of carboxylic acids is 1. The van der Waals surface area contributed by atoms with Crippen LogP contribution in [0.3, 0.4) is 0 Å². The van der Waals surface area contributed by atoms with Crippen molar-refractivity contribution < 1.29 is 14.8 Å². The van der Waals surface area contributed by atoms with Gasteiger partial charge in [-0.2, -0.15) is 0 Å². The molecule has 0 saturated heterocycles. The van der Waals surface area contributed by atoms with Crippen LogP contribution in [0.4, 0.5) is 11.4 Å². The van der Waals surface area contributed by atoms with Gasteiger partial charge in [-0.1, -0.05) is 6.92 Å². The lowest BCUT2D eigenvalue weighted by molar-refractivity contribution is -0.384. The van der Waals surface area contributed by atoms with Crippen LogP contribution >= 0.6 is 22.6 Å². The van der Waals surface area contributed by atoms with Gasteiger partial charge in [0.05, 0.1) is 10.6 Å². The van der Waals surface area contributed by atoms with Gasteiger partial charge in [-0.15, -0.1) is 0 Å². The molecule has 0 aliphatic carbocycles. The van der Waals surface area contributed by atoms with Crippen molar-refractivity contribution in [2.24, 2.45) is 0 Å². The zero-order chi connectivity index (χ0) is 13.9. The molecule has 0 heterocycles. The number of nitro benzene ring substituents is 1. The van der Waals surface area contributed by atoms with Gasteiger partial charge in [0, 0.05) is 22.8 Å². The molecule has 1 rings (SSSR count). The van der Waals surface area contributed by atoms with Crippen LogP contribution < -0.4 is 4.90 Å². The highest BCUT2D eigenvalue weighted by Gasteiger charge is 2.23. The molecule has 0 amide bonds. The second-order valence-corrected chi connectivity index (χ2v) is 4.93. The van der Waals surface area contributed by atoms with Gasteiger partial charge in [-0.25, -0.2) is 4.79 Å². The first-order valence-corrected chi connectivity index (χ1v) is 6.36. The Morgan fingerprint density at radius 2 is 2.22 bits per heavy atom. The second kappa shape index (κ2) is 5.98. The number of aliphatic carboxylic acids is 1. The van der Waals surface area contributed by atoms with Gasteiger partial charge in [-0.05, 0) is 35.1 Å². The van der Waals surface area contributed by atoms with E-state index in [0.29, 0.717) is 15.7 Å². The first-order chi connectivity index (χ1) is 8.38. The molecule has 98 valence electrons. The summed E-state index contributed by atoms with van der Waals surface area (Å²) in [7, 11) is 1.67. The number of likely N-dealkylation sites (N-methyl/N-ethyl adjacent to an activating group) is 1. The highest BCUT2D eigenvalue weighted by molar-refractivity contribution is 14.1. The Kier molecular flexibility index (Phi) is 4.88. The third kappa shape index (κ3) is 3.09. The van der Waals surface area contributed by atoms with Crippen LogP contribution in [0, 0.1) is 13.7 Å². The summed E-state index contributed by atoms with van der Waals surface area (Å²) in [5, 5.41) is 19.7. The Morgan fingerprint density at radius 3 is 2.61 bits per heavy atom. The molecule has 1 aromatic carbocycles. The number of non-ortho nitro benzene ring substituents is 1. The summed E-state index contributed by atoms with van der Waals surface area (Å²) in [5.41, 5.74) is 0.676. The first kappa shape index (κ1) is 14.7. The molecule has 0 saturated carbocycles. The van der Waals surface area contributed by atoms with Crippen molar-refractivity contribution in [2.45, 2.75) is 19.4 Å². The number of carbonyl (C=O) groups is 1. The molecule has 1 aromatic rings. The van der Waals surface area contributed by atoms with Gasteiger partial charge in [0.2, 0.25) is 0 Å². The summed E-state index contributed by atoms with van der Waals surface area (Å²) < 4.78 is 0.656. The molecule has 0 aromatic heterocycles. The van der Waals surface area contributed by atoms with E-state index in [1.54, 1.807) is 24.9 Å². The Balaban J connectivity index is 3.10. The maximum Gasteiger partial charge on any atom is 0.326 e. The van der Waals surface area contributed by atoms with Gasteiger partial charge in [-0.3, -0.25) is 10.1 Å². The van der Waals surface area contributed by atoms with E-state index in [0.717, 1.165) is 0 Å². The highest BCUT2D eigenvalue weighted by Crippen LogP contribution is 2.27. The number of hydrogen-bond acceptors (Lipinski definition) is 4. The average molecular weight is 364 g/mol. The van der Waals surface area contributed by atoms with Crippen LogP contribution in [-0.4, -0.2) is 29.1 Å². The molecule has 0 bridgehead atoms. The molecule has 6 nitrogen and oxygen atoms in total. The number of nitrogens with zero attached hydrogens (tertiary/aromatic N) is 2. The molecule has 0 aliphatic rings. The lowest BCUT2D eigenvalue weighted by atomic mass is 10.1. The van der Waals surface area contributed by atoms with Crippen LogP contribution in [0.2, 0.25) is 0 Å². The minimum absolute atomic E-state index is 0.0000709. The van der Waals surface area contributed by atoms with Crippen molar-refractivity contribution >= 4 is 39.9 Å². The quantitative estimate of drug-likeness (QED) is 0.493. The van der Waals surface area contributed by atoms with Gasteiger partial charge in [0.1, 0.15) is 6.04 Å². The Hall–Kier alpha value is -1.38. The summed E-state index contributed by atoms with van der Waals surface area (Å²) in [5.74, 6) is -0.908. The van der Waals surface area contributed by atoms with E-state index >= 15 is 0 Å². The van der Waals surface area contributed by atoms with E-state index in [1.165, 1.54) is 12.1 Å². The van der Waals surface area contributed by atoms with Gasteiger partial charge in [0.25, 0.3) is 5.69 Å². The maximum atomic E-state index is 11.1. The molecule has 1 unspecified atom stereocenters. The van der Waals surface area contributed by atoms with Gasteiger partial charge in [0.15, 0.2) is 0 Å². The SMILES string of the molecule is CCC(C(=O)O)N(C)c1ccc([N+](=O)[O-])cc1I. The second-order valence-electron chi connectivity index (χ2n) is 3.77. The van der Waals surface area contributed by atoms with E-state index in [1.807, 2.05) is 22.6 Å². The molecular weight excluding hydrogens is 351 g/mol.